The van der Waals surface area contributed by atoms with Crippen molar-refractivity contribution in [3.05, 3.63) is 63.3 Å². The van der Waals surface area contributed by atoms with E-state index < -0.39 is 25.5 Å². The molecule has 0 unspecified atom stereocenters. The number of nitrogens with one attached hydrogen (secondary N) is 1. The second kappa shape index (κ2) is 6.19. The maximum absolute atomic E-state index is 12.4. The highest BCUT2D eigenvalue weighted by Gasteiger charge is 2.26. The van der Waals surface area contributed by atoms with Crippen molar-refractivity contribution in [2.45, 2.75) is 11.4 Å². The number of rotatable bonds is 5. The SMILES string of the molecule is O=[N+]([O-])c1cc(Cl)ccc1S(=O)(=O)NCc1noc2ccccc12. The Morgan fingerprint density at radius 3 is 2.75 bits per heavy atom. The van der Waals surface area contributed by atoms with Gasteiger partial charge in [-0.3, -0.25) is 10.1 Å². The number of hydrogen-bond donors (Lipinski definition) is 1. The molecule has 1 aromatic heterocycles. The van der Waals surface area contributed by atoms with Crippen LogP contribution in [0.25, 0.3) is 11.0 Å². The summed E-state index contributed by atoms with van der Waals surface area (Å²) in [5.74, 6) is 0. The molecule has 2 aromatic carbocycles. The van der Waals surface area contributed by atoms with Crippen LogP contribution in [0.3, 0.4) is 0 Å². The van der Waals surface area contributed by atoms with E-state index in [1.165, 1.54) is 6.07 Å². The molecule has 0 aliphatic heterocycles. The maximum Gasteiger partial charge on any atom is 0.290 e. The molecule has 0 aliphatic rings. The predicted octanol–water partition coefficient (Wildman–Crippen LogP) is 2.87. The highest BCUT2D eigenvalue weighted by molar-refractivity contribution is 7.89. The number of para-hydroxylation sites is 1. The largest absolute Gasteiger partial charge is 0.356 e. The van der Waals surface area contributed by atoms with Gasteiger partial charge < -0.3 is 4.52 Å². The molecule has 0 saturated heterocycles. The summed E-state index contributed by atoms with van der Waals surface area (Å²) in [4.78, 5) is 9.79. The van der Waals surface area contributed by atoms with E-state index >= 15 is 0 Å². The van der Waals surface area contributed by atoms with Crippen LogP contribution >= 0.6 is 11.6 Å². The van der Waals surface area contributed by atoms with Crippen LogP contribution in [-0.2, 0) is 16.6 Å². The van der Waals surface area contributed by atoms with Crippen molar-refractivity contribution < 1.29 is 17.9 Å². The van der Waals surface area contributed by atoms with E-state index in [-0.39, 0.29) is 11.6 Å². The fraction of sp³-hybridized carbons (Fsp3) is 0.0714. The number of hydrogen-bond acceptors (Lipinski definition) is 6. The number of nitro groups is 1. The van der Waals surface area contributed by atoms with Crippen molar-refractivity contribution >= 4 is 38.3 Å². The van der Waals surface area contributed by atoms with Gasteiger partial charge in [0, 0.05) is 16.5 Å². The first-order chi connectivity index (χ1) is 11.4. The summed E-state index contributed by atoms with van der Waals surface area (Å²) < 4.78 is 32.1. The summed E-state index contributed by atoms with van der Waals surface area (Å²) in [7, 11) is -4.13. The zero-order valence-corrected chi connectivity index (χ0v) is 13.5. The van der Waals surface area contributed by atoms with Gasteiger partial charge in [0.2, 0.25) is 10.0 Å². The lowest BCUT2D eigenvalue weighted by molar-refractivity contribution is -0.387. The molecule has 0 fully saturated rings. The average Bonchev–Trinajstić information content (AvgIpc) is 2.96. The Morgan fingerprint density at radius 2 is 2.00 bits per heavy atom. The molecule has 0 radical (unpaired) electrons. The fourth-order valence-corrected chi connectivity index (χ4v) is 3.47. The van der Waals surface area contributed by atoms with E-state index in [2.05, 4.69) is 9.88 Å². The van der Waals surface area contributed by atoms with E-state index in [9.17, 15) is 18.5 Å². The highest BCUT2D eigenvalue weighted by Crippen LogP contribution is 2.27. The summed E-state index contributed by atoms with van der Waals surface area (Å²) in [6.45, 7) is -0.168. The second-order valence-electron chi connectivity index (χ2n) is 4.82. The quantitative estimate of drug-likeness (QED) is 0.547. The van der Waals surface area contributed by atoms with Crippen LogP contribution in [0.1, 0.15) is 5.69 Å². The Balaban J connectivity index is 1.91. The van der Waals surface area contributed by atoms with Crippen LogP contribution < -0.4 is 4.72 Å². The molecule has 10 heteroatoms. The van der Waals surface area contributed by atoms with E-state index in [1.807, 2.05) is 0 Å². The van der Waals surface area contributed by atoms with Gasteiger partial charge in [-0.2, -0.15) is 0 Å². The number of benzene rings is 2. The number of sulfonamides is 1. The molecule has 0 spiro atoms. The highest BCUT2D eigenvalue weighted by atomic mass is 35.5. The summed E-state index contributed by atoms with van der Waals surface area (Å²) in [6.07, 6.45) is 0. The van der Waals surface area contributed by atoms with Gasteiger partial charge in [0.05, 0.1) is 11.5 Å². The lowest BCUT2D eigenvalue weighted by atomic mass is 10.2. The Hall–Kier alpha value is -2.49. The van der Waals surface area contributed by atoms with Crippen molar-refractivity contribution in [3.63, 3.8) is 0 Å². The molecule has 24 heavy (non-hydrogen) atoms. The number of aromatic nitrogens is 1. The monoisotopic (exact) mass is 367 g/mol. The molecule has 3 aromatic rings. The Morgan fingerprint density at radius 1 is 1.25 bits per heavy atom. The minimum absolute atomic E-state index is 0.0724. The number of halogens is 1. The van der Waals surface area contributed by atoms with Gasteiger partial charge in [-0.1, -0.05) is 28.9 Å². The van der Waals surface area contributed by atoms with Crippen molar-refractivity contribution in [1.29, 1.82) is 0 Å². The maximum atomic E-state index is 12.4. The van der Waals surface area contributed by atoms with Crippen LogP contribution in [0.5, 0.6) is 0 Å². The first-order valence-electron chi connectivity index (χ1n) is 6.65. The van der Waals surface area contributed by atoms with Crippen molar-refractivity contribution in [2.75, 3.05) is 0 Å². The van der Waals surface area contributed by atoms with Gasteiger partial charge in [0.1, 0.15) is 5.69 Å². The molecule has 0 saturated carbocycles. The minimum atomic E-state index is -4.13. The lowest BCUT2D eigenvalue weighted by Crippen LogP contribution is -2.24. The smallest absolute Gasteiger partial charge is 0.290 e. The lowest BCUT2D eigenvalue weighted by Gasteiger charge is -2.06. The molecule has 0 atom stereocenters. The molecular formula is C14H10ClN3O5S. The Labute approximate surface area is 141 Å². The van der Waals surface area contributed by atoms with E-state index in [1.54, 1.807) is 24.3 Å². The second-order valence-corrected chi connectivity index (χ2v) is 6.99. The molecule has 0 aliphatic carbocycles. The van der Waals surface area contributed by atoms with Crippen molar-refractivity contribution in [1.82, 2.24) is 9.88 Å². The first-order valence-corrected chi connectivity index (χ1v) is 8.51. The molecule has 1 N–H and O–H groups in total. The Bertz CT molecular complexity index is 1030. The van der Waals surface area contributed by atoms with Gasteiger partial charge >= 0.3 is 0 Å². The average molecular weight is 368 g/mol. The van der Waals surface area contributed by atoms with Gasteiger partial charge in [0.15, 0.2) is 10.5 Å². The molecular weight excluding hydrogens is 358 g/mol. The molecule has 1 heterocycles. The normalized spacial score (nSPS) is 11.7. The van der Waals surface area contributed by atoms with Crippen LogP contribution in [0.15, 0.2) is 51.9 Å². The zero-order valence-electron chi connectivity index (χ0n) is 12.0. The zero-order chi connectivity index (χ0) is 17.3. The third kappa shape index (κ3) is 3.09. The van der Waals surface area contributed by atoms with Crippen LogP contribution in [0, 0.1) is 10.1 Å². The first kappa shape index (κ1) is 16.4. The summed E-state index contributed by atoms with van der Waals surface area (Å²) in [5.41, 5.74) is 0.301. The van der Waals surface area contributed by atoms with Gasteiger partial charge in [-0.15, -0.1) is 0 Å². The van der Waals surface area contributed by atoms with Gasteiger partial charge in [-0.25, -0.2) is 13.1 Å². The fourth-order valence-electron chi connectivity index (χ4n) is 2.17. The van der Waals surface area contributed by atoms with E-state index in [4.69, 9.17) is 16.1 Å². The molecule has 124 valence electrons. The third-order valence-electron chi connectivity index (χ3n) is 3.29. The van der Waals surface area contributed by atoms with Crippen LogP contribution in [-0.4, -0.2) is 18.5 Å². The van der Waals surface area contributed by atoms with Crippen molar-refractivity contribution in [3.8, 4) is 0 Å². The van der Waals surface area contributed by atoms with Crippen molar-refractivity contribution in [2.24, 2.45) is 0 Å². The van der Waals surface area contributed by atoms with E-state index in [0.29, 0.717) is 16.7 Å². The molecule has 8 nitrogen and oxygen atoms in total. The summed E-state index contributed by atoms with van der Waals surface area (Å²) in [5, 5.41) is 15.6. The van der Waals surface area contributed by atoms with Crippen LogP contribution in [0.2, 0.25) is 5.02 Å². The summed E-state index contributed by atoms with van der Waals surface area (Å²) >= 11 is 5.69. The number of fused-ring (bicyclic) bond motifs is 1. The standard InChI is InChI=1S/C14H10ClN3O5S/c15-9-5-6-14(12(7-9)18(19)20)24(21,22)16-8-11-10-3-1-2-4-13(10)23-17-11/h1-7,16H,8H2. The van der Waals surface area contributed by atoms with Gasteiger partial charge in [0.25, 0.3) is 5.69 Å². The van der Waals surface area contributed by atoms with Crippen LogP contribution in [0.4, 0.5) is 5.69 Å². The van der Waals surface area contributed by atoms with Gasteiger partial charge in [-0.05, 0) is 24.3 Å². The molecule has 3 rings (SSSR count). The van der Waals surface area contributed by atoms with E-state index in [0.717, 1.165) is 12.1 Å². The summed E-state index contributed by atoms with van der Waals surface area (Å²) in [6, 6.07) is 10.3. The number of nitrogens with zero attached hydrogens (tertiary/aromatic N) is 2. The topological polar surface area (TPSA) is 115 Å². The predicted molar refractivity (Wildman–Crippen MR) is 86.1 cm³/mol. The molecule has 0 bridgehead atoms. The Kier molecular flexibility index (Phi) is 4.22. The molecule has 0 amide bonds. The third-order valence-corrected chi connectivity index (χ3v) is 4.97. The minimum Gasteiger partial charge on any atom is -0.356 e. The number of nitro benzene ring substituents is 1.